The molecule has 3 aliphatic heterocycles. The van der Waals surface area contributed by atoms with Crippen molar-refractivity contribution in [2.75, 3.05) is 38.1 Å². The Morgan fingerprint density at radius 1 is 1.05 bits per heavy atom. The minimum atomic E-state index is -4.77. The molecule has 1 saturated carbocycles. The molecular formula is C39H48ClF3N8O6S. The number of piperazine rings is 1. The smallest absolute Gasteiger partial charge is 0.377 e. The van der Waals surface area contributed by atoms with Gasteiger partial charge < -0.3 is 15.0 Å². The minimum Gasteiger partial charge on any atom is -0.377 e. The molecule has 6 amide bonds. The van der Waals surface area contributed by atoms with Crippen LogP contribution < -0.4 is 10.6 Å². The number of alkyl halides is 3. The molecular weight excluding hydrogens is 801 g/mol. The highest BCUT2D eigenvalue weighted by Gasteiger charge is 2.55. The Morgan fingerprint density at radius 2 is 1.74 bits per heavy atom. The second kappa shape index (κ2) is 18.3. The first kappa shape index (κ1) is 44.8. The summed E-state index contributed by atoms with van der Waals surface area (Å²) < 4.78 is 47.9. The Balaban J connectivity index is 0.00000641. The first-order valence-electron chi connectivity index (χ1n) is 19.1. The average Bonchev–Trinajstić information content (AvgIpc) is 3.32. The number of anilines is 1. The summed E-state index contributed by atoms with van der Waals surface area (Å²) in [4.78, 5) is 74.1. The second-order valence-corrected chi connectivity index (χ2v) is 16.7. The number of aromatic nitrogens is 1. The van der Waals surface area contributed by atoms with Crippen molar-refractivity contribution in [2.45, 2.75) is 113 Å². The molecule has 1 aromatic heterocycles. The van der Waals surface area contributed by atoms with Crippen molar-refractivity contribution in [1.29, 1.82) is 5.26 Å². The molecule has 58 heavy (non-hydrogen) atoms. The van der Waals surface area contributed by atoms with E-state index in [1.807, 2.05) is 0 Å². The van der Waals surface area contributed by atoms with Gasteiger partial charge in [-0.1, -0.05) is 0 Å². The van der Waals surface area contributed by atoms with Crippen molar-refractivity contribution in [3.8, 4) is 6.07 Å². The molecule has 0 radical (unpaired) electrons. The van der Waals surface area contributed by atoms with Gasteiger partial charge in [-0.05, 0) is 102 Å². The van der Waals surface area contributed by atoms with Crippen LogP contribution in [-0.4, -0.2) is 116 Å². The standard InChI is InChI=1S/C39H47F3N8O6S.ClH/c1-23-20-47(21-24(2)48(23)22-34(52)45-26-6-13-32(44-19-26)30-12-14-33(51)46-35(30)53)15-16-56-28-9-7-27(8-10-28)49-37(55)50(36(54)38(49,3)4)57-29-11-5-25(18-43)31(17-29)39(40,41)42;/h5-6,11,13,17,19,23-24,27-28,30H,7-10,12,14-16,20-22H2,1-4H3,(H,45,52)(H,46,51,53);1H/t23-,24+,27?,28?,30?;. The highest BCUT2D eigenvalue weighted by Crippen LogP contribution is 2.42. The van der Waals surface area contributed by atoms with E-state index in [2.05, 4.69) is 39.3 Å². The number of urea groups is 1. The largest absolute Gasteiger partial charge is 0.417 e. The Morgan fingerprint density at radius 3 is 2.34 bits per heavy atom. The van der Waals surface area contributed by atoms with Gasteiger partial charge in [-0.2, -0.15) is 22.7 Å². The summed E-state index contributed by atoms with van der Waals surface area (Å²) in [5.41, 5.74) is -1.78. The van der Waals surface area contributed by atoms with Gasteiger partial charge in [0.1, 0.15) is 5.54 Å². The normalized spacial score (nSPS) is 25.6. The number of rotatable bonds is 11. The van der Waals surface area contributed by atoms with Crippen LogP contribution in [0, 0.1) is 11.3 Å². The van der Waals surface area contributed by atoms with Crippen LogP contribution in [-0.2, 0) is 30.1 Å². The van der Waals surface area contributed by atoms with Gasteiger partial charge in [0.25, 0.3) is 5.91 Å². The van der Waals surface area contributed by atoms with Crippen molar-refractivity contribution in [3.05, 3.63) is 53.3 Å². The number of nitriles is 1. The summed E-state index contributed by atoms with van der Waals surface area (Å²) in [6.45, 7) is 10.4. The van der Waals surface area contributed by atoms with Crippen LogP contribution in [0.2, 0.25) is 0 Å². The molecule has 14 nitrogen and oxygen atoms in total. The molecule has 1 aromatic carbocycles. The van der Waals surface area contributed by atoms with E-state index in [0.717, 1.165) is 29.5 Å². The van der Waals surface area contributed by atoms with Gasteiger partial charge in [0, 0.05) is 49.1 Å². The molecule has 3 saturated heterocycles. The lowest BCUT2D eigenvalue weighted by molar-refractivity contribution is -0.138. The molecule has 6 rings (SSSR count). The summed E-state index contributed by atoms with van der Waals surface area (Å²) in [5.74, 6) is -1.83. The van der Waals surface area contributed by atoms with E-state index in [4.69, 9.17) is 10.00 Å². The molecule has 19 heteroatoms. The first-order chi connectivity index (χ1) is 27.0. The lowest BCUT2D eigenvalue weighted by atomic mass is 9.89. The fourth-order valence-corrected chi connectivity index (χ4v) is 9.28. The molecule has 0 bridgehead atoms. The quantitative estimate of drug-likeness (QED) is 0.171. The topological polar surface area (TPSA) is 168 Å². The fourth-order valence-electron chi connectivity index (χ4n) is 8.29. The van der Waals surface area contributed by atoms with E-state index in [0.29, 0.717) is 68.6 Å². The van der Waals surface area contributed by atoms with Crippen molar-refractivity contribution in [3.63, 3.8) is 0 Å². The van der Waals surface area contributed by atoms with Crippen molar-refractivity contribution in [1.82, 2.24) is 29.3 Å². The second-order valence-electron chi connectivity index (χ2n) is 15.7. The SMILES string of the molecule is C[C@@H]1CN(CCOC2CCC(N3C(=O)N(Sc4ccc(C#N)c(C(F)(F)F)c4)C(=O)C3(C)C)CC2)C[C@H](C)N1CC(=O)Nc1ccc(C2CCC(=O)NC2=O)nc1.Cl. The van der Waals surface area contributed by atoms with Gasteiger partial charge >= 0.3 is 12.2 Å². The maximum atomic E-state index is 13.6. The molecule has 4 heterocycles. The monoisotopic (exact) mass is 848 g/mol. The van der Waals surface area contributed by atoms with Gasteiger partial charge in [0.2, 0.25) is 17.7 Å². The third kappa shape index (κ3) is 9.94. The summed E-state index contributed by atoms with van der Waals surface area (Å²) >= 11 is 0.631. The first-order valence-corrected chi connectivity index (χ1v) is 19.9. The Labute approximate surface area is 345 Å². The van der Waals surface area contributed by atoms with E-state index in [-0.39, 0.29) is 72.2 Å². The number of pyridine rings is 1. The van der Waals surface area contributed by atoms with E-state index >= 15 is 0 Å². The molecule has 4 fully saturated rings. The number of nitrogens with zero attached hydrogens (tertiary/aromatic N) is 6. The highest BCUT2D eigenvalue weighted by atomic mass is 35.5. The predicted molar refractivity (Wildman–Crippen MR) is 209 cm³/mol. The van der Waals surface area contributed by atoms with E-state index < -0.39 is 40.7 Å². The summed E-state index contributed by atoms with van der Waals surface area (Å²) in [6, 6.07) is 7.47. The molecule has 1 aliphatic carbocycles. The number of benzene rings is 1. The van der Waals surface area contributed by atoms with Gasteiger partial charge in [-0.15, -0.1) is 12.4 Å². The van der Waals surface area contributed by atoms with Gasteiger partial charge in [-0.25, -0.2) is 4.79 Å². The maximum Gasteiger partial charge on any atom is 0.417 e. The zero-order chi connectivity index (χ0) is 41.2. The van der Waals surface area contributed by atoms with E-state index in [1.165, 1.54) is 18.3 Å². The lowest BCUT2D eigenvalue weighted by Crippen LogP contribution is -2.58. The van der Waals surface area contributed by atoms with Crippen molar-refractivity contribution in [2.24, 2.45) is 0 Å². The van der Waals surface area contributed by atoms with Crippen LogP contribution >= 0.6 is 24.4 Å². The molecule has 3 atom stereocenters. The van der Waals surface area contributed by atoms with E-state index in [1.54, 1.807) is 30.9 Å². The van der Waals surface area contributed by atoms with E-state index in [9.17, 15) is 37.1 Å². The minimum absolute atomic E-state index is 0. The maximum absolute atomic E-state index is 13.6. The van der Waals surface area contributed by atoms with Crippen LogP contribution in [0.5, 0.6) is 0 Å². The summed E-state index contributed by atoms with van der Waals surface area (Å²) in [5, 5.41) is 14.4. The fraction of sp³-hybridized carbons (Fsp3) is 0.564. The molecule has 4 aliphatic rings. The van der Waals surface area contributed by atoms with Gasteiger partial charge in [0.05, 0.1) is 59.9 Å². The predicted octanol–water partition coefficient (Wildman–Crippen LogP) is 5.33. The Bertz CT molecular complexity index is 1910. The molecule has 2 aromatic rings. The third-order valence-electron chi connectivity index (χ3n) is 11.2. The number of carbonyl (C=O) groups is 5. The van der Waals surface area contributed by atoms with Gasteiger partial charge in [-0.3, -0.25) is 39.3 Å². The number of nitrogens with one attached hydrogen (secondary N) is 2. The van der Waals surface area contributed by atoms with Crippen LogP contribution in [0.25, 0.3) is 0 Å². The van der Waals surface area contributed by atoms with Crippen molar-refractivity contribution >= 4 is 59.7 Å². The number of amides is 6. The lowest BCUT2D eigenvalue weighted by Gasteiger charge is -2.44. The van der Waals surface area contributed by atoms with Crippen LogP contribution in [0.15, 0.2) is 41.4 Å². The van der Waals surface area contributed by atoms with Crippen molar-refractivity contribution < 1.29 is 41.9 Å². The zero-order valence-corrected chi connectivity index (χ0v) is 34.3. The molecule has 0 spiro atoms. The summed E-state index contributed by atoms with van der Waals surface area (Å²) in [7, 11) is 0. The summed E-state index contributed by atoms with van der Waals surface area (Å²) in [6.07, 6.45) is -0.0224. The number of hydrogen-bond acceptors (Lipinski definition) is 11. The molecule has 2 N–H and O–H groups in total. The zero-order valence-electron chi connectivity index (χ0n) is 32.7. The number of ether oxygens (including phenoxy) is 1. The number of carbonyl (C=O) groups excluding carboxylic acids is 5. The van der Waals surface area contributed by atoms with Crippen LogP contribution in [0.1, 0.15) is 89.0 Å². The Hall–Kier alpha value is -4.28. The third-order valence-corrected chi connectivity index (χ3v) is 12.2. The number of halogens is 4. The molecule has 314 valence electrons. The van der Waals surface area contributed by atoms with Crippen LogP contribution in [0.4, 0.5) is 23.7 Å². The number of hydrogen-bond donors (Lipinski definition) is 2. The van der Waals surface area contributed by atoms with Gasteiger partial charge in [0.15, 0.2) is 0 Å². The average molecular weight is 849 g/mol. The number of imide groups is 2. The molecule has 1 unspecified atom stereocenters. The van der Waals surface area contributed by atoms with Crippen LogP contribution in [0.3, 0.4) is 0 Å². The number of piperidine rings is 1. The Kier molecular flexibility index (Phi) is 14.2. The highest BCUT2D eigenvalue weighted by molar-refractivity contribution is 7.98.